The zero-order chi connectivity index (χ0) is 17.8. The first-order valence-electron chi connectivity index (χ1n) is 8.10. The lowest BCUT2D eigenvalue weighted by Crippen LogP contribution is -2.44. The summed E-state index contributed by atoms with van der Waals surface area (Å²) >= 11 is 17.6. The van der Waals surface area contributed by atoms with Gasteiger partial charge in [-0.2, -0.15) is 0 Å². The van der Waals surface area contributed by atoms with E-state index in [9.17, 15) is 4.79 Å². The second kappa shape index (κ2) is 8.37. The molecule has 0 spiro atoms. The van der Waals surface area contributed by atoms with E-state index in [4.69, 9.17) is 34.8 Å². The van der Waals surface area contributed by atoms with Crippen LogP contribution in [0, 0.1) is 0 Å². The number of nitrogens with one attached hydrogen (secondary N) is 1. The highest BCUT2D eigenvalue weighted by Gasteiger charge is 2.21. The third-order valence-electron chi connectivity index (χ3n) is 4.30. The van der Waals surface area contributed by atoms with Crippen molar-refractivity contribution in [3.8, 4) is 0 Å². The van der Waals surface area contributed by atoms with E-state index in [0.717, 1.165) is 37.5 Å². The fourth-order valence-corrected chi connectivity index (χ4v) is 3.29. The van der Waals surface area contributed by atoms with Gasteiger partial charge in [0.2, 0.25) is 0 Å². The average molecular weight is 399 g/mol. The van der Waals surface area contributed by atoms with Crippen LogP contribution in [0.25, 0.3) is 0 Å². The van der Waals surface area contributed by atoms with Gasteiger partial charge < -0.3 is 5.32 Å². The van der Waals surface area contributed by atoms with E-state index in [1.165, 1.54) is 11.8 Å². The fourth-order valence-electron chi connectivity index (χ4n) is 2.90. The van der Waals surface area contributed by atoms with Crippen molar-refractivity contribution >= 4 is 40.7 Å². The van der Waals surface area contributed by atoms with Gasteiger partial charge in [0.25, 0.3) is 5.91 Å². The summed E-state index contributed by atoms with van der Waals surface area (Å²) in [4.78, 5) is 18.6. The Balaban J connectivity index is 1.49. The molecule has 2 heterocycles. The first-order valence-corrected chi connectivity index (χ1v) is 9.23. The Morgan fingerprint density at radius 3 is 2.48 bits per heavy atom. The van der Waals surface area contributed by atoms with Gasteiger partial charge in [-0.3, -0.25) is 9.69 Å². The fraction of sp³-hybridized carbons (Fsp3) is 0.333. The summed E-state index contributed by atoms with van der Waals surface area (Å²) in [5, 5.41) is 4.29. The van der Waals surface area contributed by atoms with Gasteiger partial charge in [-0.15, -0.1) is 0 Å². The minimum absolute atomic E-state index is 0.156. The number of halogens is 3. The summed E-state index contributed by atoms with van der Waals surface area (Å²) in [5.41, 5.74) is 1.67. The molecule has 1 aromatic carbocycles. The number of likely N-dealkylation sites (tertiary alicyclic amines) is 1. The number of nitrogens with zero attached hydrogens (tertiary/aromatic N) is 2. The van der Waals surface area contributed by atoms with E-state index in [0.29, 0.717) is 5.56 Å². The SMILES string of the molecule is O=C(NC1CCN(Cc2ccc(Cl)cc2)CC1)c1cnc(Cl)c(Cl)c1. The molecule has 1 N–H and O–H groups in total. The second-order valence-electron chi connectivity index (χ2n) is 6.15. The number of piperidine rings is 1. The summed E-state index contributed by atoms with van der Waals surface area (Å²) in [6.45, 7) is 2.77. The summed E-state index contributed by atoms with van der Waals surface area (Å²) in [6.07, 6.45) is 3.27. The standard InChI is InChI=1S/C18H18Cl3N3O/c19-14-3-1-12(2-4-14)11-24-7-5-15(6-8-24)23-18(25)13-9-16(20)17(21)22-10-13/h1-4,9-10,15H,5-8,11H2,(H,23,25). The van der Waals surface area contributed by atoms with Crippen molar-refractivity contribution in [3.05, 3.63) is 62.9 Å². The van der Waals surface area contributed by atoms with Crippen LogP contribution >= 0.6 is 34.8 Å². The highest BCUT2D eigenvalue weighted by molar-refractivity contribution is 6.41. The monoisotopic (exact) mass is 397 g/mol. The summed E-state index contributed by atoms with van der Waals surface area (Å²) in [7, 11) is 0. The first kappa shape index (κ1) is 18.5. The Labute approximate surface area is 162 Å². The molecule has 2 aromatic rings. The third kappa shape index (κ3) is 5.08. The van der Waals surface area contributed by atoms with Crippen molar-refractivity contribution in [2.45, 2.75) is 25.4 Å². The zero-order valence-electron chi connectivity index (χ0n) is 13.5. The summed E-state index contributed by atoms with van der Waals surface area (Å²) in [5.74, 6) is -0.165. The Hall–Kier alpha value is -1.33. The van der Waals surface area contributed by atoms with Crippen LogP contribution in [0.5, 0.6) is 0 Å². The zero-order valence-corrected chi connectivity index (χ0v) is 15.8. The van der Waals surface area contributed by atoms with Crippen LogP contribution in [0.4, 0.5) is 0 Å². The van der Waals surface area contributed by atoms with Crippen LogP contribution in [0.15, 0.2) is 36.5 Å². The maximum absolute atomic E-state index is 12.3. The predicted molar refractivity (Wildman–Crippen MR) is 101 cm³/mol. The van der Waals surface area contributed by atoms with Crippen LogP contribution in [0.3, 0.4) is 0 Å². The lowest BCUT2D eigenvalue weighted by Gasteiger charge is -2.32. The Morgan fingerprint density at radius 1 is 1.16 bits per heavy atom. The number of hydrogen-bond acceptors (Lipinski definition) is 3. The van der Waals surface area contributed by atoms with Gasteiger partial charge in [0.1, 0.15) is 5.15 Å². The molecule has 0 bridgehead atoms. The van der Waals surface area contributed by atoms with Crippen LogP contribution in [0.1, 0.15) is 28.8 Å². The number of carbonyl (C=O) groups excluding carboxylic acids is 1. The first-order chi connectivity index (χ1) is 12.0. The van der Waals surface area contributed by atoms with Crippen molar-refractivity contribution in [3.63, 3.8) is 0 Å². The molecule has 1 aliphatic rings. The molecule has 1 fully saturated rings. The minimum atomic E-state index is -0.165. The number of amides is 1. The third-order valence-corrected chi connectivity index (χ3v) is 5.24. The van der Waals surface area contributed by atoms with Crippen LogP contribution in [-0.2, 0) is 6.54 Å². The van der Waals surface area contributed by atoms with Crippen LogP contribution in [-0.4, -0.2) is 34.9 Å². The van der Waals surface area contributed by atoms with Gasteiger partial charge in [0.15, 0.2) is 0 Å². The maximum atomic E-state index is 12.3. The van der Waals surface area contributed by atoms with Crippen LogP contribution < -0.4 is 5.32 Å². The van der Waals surface area contributed by atoms with Gasteiger partial charge in [-0.25, -0.2) is 4.98 Å². The molecule has 1 amide bonds. The van der Waals surface area contributed by atoms with Crippen molar-refractivity contribution in [2.24, 2.45) is 0 Å². The van der Waals surface area contributed by atoms with Crippen LogP contribution in [0.2, 0.25) is 15.2 Å². The van der Waals surface area contributed by atoms with E-state index < -0.39 is 0 Å². The smallest absolute Gasteiger partial charge is 0.253 e. The van der Waals surface area contributed by atoms with E-state index in [1.54, 1.807) is 6.07 Å². The topological polar surface area (TPSA) is 45.2 Å². The Kier molecular flexibility index (Phi) is 6.18. The Morgan fingerprint density at radius 2 is 1.84 bits per heavy atom. The highest BCUT2D eigenvalue weighted by atomic mass is 35.5. The number of carbonyl (C=O) groups is 1. The molecule has 0 aliphatic carbocycles. The quantitative estimate of drug-likeness (QED) is 0.775. The lowest BCUT2D eigenvalue weighted by molar-refractivity contribution is 0.0908. The molecule has 0 atom stereocenters. The summed E-state index contributed by atoms with van der Waals surface area (Å²) < 4.78 is 0. The molecular weight excluding hydrogens is 381 g/mol. The molecule has 3 rings (SSSR count). The molecule has 1 saturated heterocycles. The van der Waals surface area contributed by atoms with Gasteiger partial charge in [-0.05, 0) is 36.6 Å². The molecule has 25 heavy (non-hydrogen) atoms. The van der Waals surface area contributed by atoms with Gasteiger partial charge in [0, 0.05) is 36.9 Å². The highest BCUT2D eigenvalue weighted by Crippen LogP contribution is 2.20. The average Bonchev–Trinajstić information content (AvgIpc) is 2.61. The molecule has 1 aromatic heterocycles. The molecule has 0 unspecified atom stereocenters. The van der Waals surface area contributed by atoms with Gasteiger partial charge in [0.05, 0.1) is 10.6 Å². The minimum Gasteiger partial charge on any atom is -0.349 e. The number of pyridine rings is 1. The molecule has 132 valence electrons. The predicted octanol–water partition coefficient (Wildman–Crippen LogP) is 4.44. The maximum Gasteiger partial charge on any atom is 0.253 e. The van der Waals surface area contributed by atoms with Gasteiger partial charge in [-0.1, -0.05) is 46.9 Å². The van der Waals surface area contributed by atoms with E-state index in [-0.39, 0.29) is 22.1 Å². The number of hydrogen-bond donors (Lipinski definition) is 1. The van der Waals surface area contributed by atoms with Crippen molar-refractivity contribution in [1.82, 2.24) is 15.2 Å². The molecule has 1 aliphatic heterocycles. The normalized spacial score (nSPS) is 16.0. The second-order valence-corrected chi connectivity index (χ2v) is 7.35. The molecule has 7 heteroatoms. The number of benzene rings is 1. The lowest BCUT2D eigenvalue weighted by atomic mass is 10.0. The van der Waals surface area contributed by atoms with E-state index in [1.807, 2.05) is 24.3 Å². The van der Waals surface area contributed by atoms with Crippen molar-refractivity contribution < 1.29 is 4.79 Å². The van der Waals surface area contributed by atoms with E-state index in [2.05, 4.69) is 15.2 Å². The number of rotatable bonds is 4. The molecular formula is C18H18Cl3N3O. The molecule has 0 radical (unpaired) electrons. The van der Waals surface area contributed by atoms with E-state index >= 15 is 0 Å². The number of aromatic nitrogens is 1. The molecule has 4 nitrogen and oxygen atoms in total. The largest absolute Gasteiger partial charge is 0.349 e. The van der Waals surface area contributed by atoms with Crippen molar-refractivity contribution in [1.29, 1.82) is 0 Å². The Bertz CT molecular complexity index is 744. The van der Waals surface area contributed by atoms with Crippen molar-refractivity contribution in [2.75, 3.05) is 13.1 Å². The summed E-state index contributed by atoms with van der Waals surface area (Å²) in [6, 6.07) is 9.62. The molecule has 0 saturated carbocycles. The van der Waals surface area contributed by atoms with Gasteiger partial charge >= 0.3 is 0 Å².